The summed E-state index contributed by atoms with van der Waals surface area (Å²) in [7, 11) is 1.73. The van der Waals surface area contributed by atoms with Gasteiger partial charge in [-0.1, -0.05) is 13.8 Å². The summed E-state index contributed by atoms with van der Waals surface area (Å²) in [5, 5.41) is 9.65. The van der Waals surface area contributed by atoms with E-state index in [-0.39, 0.29) is 11.2 Å². The molecule has 5 aliphatic rings. The van der Waals surface area contributed by atoms with E-state index in [4.69, 9.17) is 18.9 Å². The Kier molecular flexibility index (Phi) is 6.22. The van der Waals surface area contributed by atoms with Gasteiger partial charge >= 0.3 is 0 Å². The van der Waals surface area contributed by atoms with Crippen LogP contribution in [0.15, 0.2) is 0 Å². The van der Waals surface area contributed by atoms with Gasteiger partial charge in [-0.2, -0.15) is 0 Å². The molecule has 5 nitrogen and oxygen atoms in total. The normalized spacial score (nSPS) is 48.4. The predicted molar refractivity (Wildman–Crippen MR) is 118 cm³/mol. The number of rotatable bonds is 6. The van der Waals surface area contributed by atoms with Crippen molar-refractivity contribution in [2.75, 3.05) is 33.7 Å². The maximum Gasteiger partial charge on any atom is 0.168 e. The lowest BCUT2D eigenvalue weighted by molar-refractivity contribution is -0.239. The summed E-state index contributed by atoms with van der Waals surface area (Å²) in [6.45, 7) is 7.36. The Morgan fingerprint density at radius 1 is 0.968 bits per heavy atom. The summed E-state index contributed by atoms with van der Waals surface area (Å²) in [4.78, 5) is 0. The van der Waals surface area contributed by atoms with Gasteiger partial charge in [0.25, 0.3) is 0 Å². The lowest BCUT2D eigenvalue weighted by atomic mass is 9.42. The first-order valence-corrected chi connectivity index (χ1v) is 12.9. The van der Waals surface area contributed by atoms with E-state index in [1.54, 1.807) is 7.11 Å². The minimum Gasteiger partial charge on any atom is -0.396 e. The molecule has 5 heteroatoms. The van der Waals surface area contributed by atoms with Gasteiger partial charge in [-0.3, -0.25) is 0 Å². The van der Waals surface area contributed by atoms with Crippen LogP contribution in [0.1, 0.15) is 78.1 Å². The van der Waals surface area contributed by atoms with Crippen molar-refractivity contribution in [3.63, 3.8) is 0 Å². The van der Waals surface area contributed by atoms with Gasteiger partial charge in [0.2, 0.25) is 0 Å². The summed E-state index contributed by atoms with van der Waals surface area (Å²) in [5.41, 5.74) is 0.668. The number of methoxy groups -OCH3 is 1. The van der Waals surface area contributed by atoms with Crippen molar-refractivity contribution in [2.45, 2.75) is 89.9 Å². The number of aliphatic hydroxyl groups excluding tert-OH is 1. The Bertz CT molecular complexity index is 633. The zero-order chi connectivity index (χ0) is 21.7. The number of aliphatic hydroxyl groups is 1. The highest BCUT2D eigenvalue weighted by molar-refractivity contribution is 5.12. The average molecular weight is 437 g/mol. The van der Waals surface area contributed by atoms with Crippen molar-refractivity contribution >= 4 is 0 Å². The Hall–Kier alpha value is -0.200. The van der Waals surface area contributed by atoms with Crippen molar-refractivity contribution in [1.82, 2.24) is 0 Å². The third-order valence-electron chi connectivity index (χ3n) is 10.7. The highest BCUT2D eigenvalue weighted by atomic mass is 16.7. The Labute approximate surface area is 188 Å². The van der Waals surface area contributed by atoms with E-state index in [0.29, 0.717) is 36.8 Å². The standard InChI is InChI=1S/C26H44O5/c1-24-10-11-26(30-13-14-31-26)16-19(24)15-18(5-4-12-27)23-20-6-7-22(29-17-28-3)25(20,2)9-8-21(23)24/h18-23,27H,4-17H2,1-3H3. The second-order valence-electron chi connectivity index (χ2n) is 11.9. The third kappa shape index (κ3) is 3.62. The van der Waals surface area contributed by atoms with Crippen LogP contribution in [0.4, 0.5) is 0 Å². The molecule has 31 heavy (non-hydrogen) atoms. The quantitative estimate of drug-likeness (QED) is 0.609. The van der Waals surface area contributed by atoms with Crippen LogP contribution in [0, 0.1) is 40.4 Å². The van der Waals surface area contributed by atoms with E-state index < -0.39 is 0 Å². The Morgan fingerprint density at radius 2 is 1.74 bits per heavy atom. The molecule has 8 unspecified atom stereocenters. The van der Waals surface area contributed by atoms with Crippen LogP contribution in [0.3, 0.4) is 0 Å². The number of hydrogen-bond acceptors (Lipinski definition) is 5. The minimum absolute atomic E-state index is 0.272. The fourth-order valence-electron chi connectivity index (χ4n) is 9.16. The van der Waals surface area contributed by atoms with Crippen molar-refractivity contribution in [1.29, 1.82) is 0 Å². The van der Waals surface area contributed by atoms with Crippen LogP contribution < -0.4 is 0 Å². The first-order chi connectivity index (χ1) is 15.0. The highest BCUT2D eigenvalue weighted by Crippen LogP contribution is 2.69. The summed E-state index contributed by atoms with van der Waals surface area (Å²) >= 11 is 0. The molecule has 0 aromatic carbocycles. The Morgan fingerprint density at radius 3 is 2.48 bits per heavy atom. The molecule has 1 heterocycles. The zero-order valence-electron chi connectivity index (χ0n) is 19.9. The van der Waals surface area contributed by atoms with Gasteiger partial charge < -0.3 is 24.1 Å². The van der Waals surface area contributed by atoms with Crippen molar-refractivity contribution in [2.24, 2.45) is 40.4 Å². The topological polar surface area (TPSA) is 57.2 Å². The van der Waals surface area contributed by atoms with Crippen LogP contribution >= 0.6 is 0 Å². The van der Waals surface area contributed by atoms with E-state index in [2.05, 4.69) is 13.8 Å². The van der Waals surface area contributed by atoms with Gasteiger partial charge in [-0.15, -0.1) is 0 Å². The second-order valence-corrected chi connectivity index (χ2v) is 11.9. The molecule has 5 rings (SSSR count). The maximum atomic E-state index is 9.65. The van der Waals surface area contributed by atoms with Crippen LogP contribution in [-0.2, 0) is 18.9 Å². The largest absolute Gasteiger partial charge is 0.396 e. The molecule has 0 amide bonds. The Balaban J connectivity index is 1.42. The summed E-state index contributed by atoms with van der Waals surface area (Å²) in [6.07, 6.45) is 12.1. The van der Waals surface area contributed by atoms with Crippen molar-refractivity contribution in [3.05, 3.63) is 0 Å². The third-order valence-corrected chi connectivity index (χ3v) is 10.7. The monoisotopic (exact) mass is 436 g/mol. The molecule has 8 atom stereocenters. The van der Waals surface area contributed by atoms with E-state index in [1.165, 1.54) is 38.5 Å². The minimum atomic E-state index is -0.297. The number of ether oxygens (including phenoxy) is 4. The van der Waals surface area contributed by atoms with Gasteiger partial charge in [0.05, 0.1) is 19.3 Å². The first-order valence-electron chi connectivity index (χ1n) is 12.9. The maximum absolute atomic E-state index is 9.65. The molecule has 0 bridgehead atoms. The molecule has 1 saturated heterocycles. The van der Waals surface area contributed by atoms with E-state index >= 15 is 0 Å². The molecule has 1 spiro atoms. The fraction of sp³-hybridized carbons (Fsp3) is 1.00. The van der Waals surface area contributed by atoms with Crippen molar-refractivity contribution < 1.29 is 24.1 Å². The van der Waals surface area contributed by atoms with Gasteiger partial charge in [0, 0.05) is 26.6 Å². The van der Waals surface area contributed by atoms with Gasteiger partial charge in [-0.05, 0) is 91.8 Å². The molecule has 178 valence electrons. The molecular formula is C26H44O5. The predicted octanol–water partition coefficient (Wildman–Crippen LogP) is 4.76. The lowest BCUT2D eigenvalue weighted by Crippen LogP contribution is -2.59. The molecule has 4 saturated carbocycles. The molecule has 0 radical (unpaired) electrons. The van der Waals surface area contributed by atoms with Crippen molar-refractivity contribution in [3.8, 4) is 0 Å². The fourth-order valence-corrected chi connectivity index (χ4v) is 9.16. The molecule has 0 aromatic heterocycles. The molecule has 0 aromatic rings. The van der Waals surface area contributed by atoms with Gasteiger partial charge in [0.15, 0.2) is 5.79 Å². The summed E-state index contributed by atoms with van der Waals surface area (Å²) in [5.74, 6) is 3.38. The van der Waals surface area contributed by atoms with Crippen LogP contribution in [-0.4, -0.2) is 50.7 Å². The van der Waals surface area contributed by atoms with Crippen LogP contribution in [0.5, 0.6) is 0 Å². The van der Waals surface area contributed by atoms with E-state index in [9.17, 15) is 5.11 Å². The molecule has 1 N–H and O–H groups in total. The highest BCUT2D eigenvalue weighted by Gasteiger charge is 2.64. The smallest absolute Gasteiger partial charge is 0.168 e. The molecule has 4 aliphatic carbocycles. The SMILES string of the molecule is COCOC1CCC2C3C(CCCO)CC4CC5(CCC4(C)C3CCC12C)OCCO5. The lowest BCUT2D eigenvalue weighted by Gasteiger charge is -2.64. The van der Waals surface area contributed by atoms with Crippen LogP contribution in [0.2, 0.25) is 0 Å². The first kappa shape index (κ1) is 22.6. The zero-order valence-corrected chi connectivity index (χ0v) is 19.9. The van der Waals surface area contributed by atoms with Gasteiger partial charge in [0.1, 0.15) is 6.79 Å². The summed E-state index contributed by atoms with van der Waals surface area (Å²) in [6, 6.07) is 0. The second kappa shape index (κ2) is 8.54. The molecule has 5 fully saturated rings. The molecular weight excluding hydrogens is 392 g/mol. The van der Waals surface area contributed by atoms with E-state index in [1.807, 2.05) is 0 Å². The number of fused-ring (bicyclic) bond motifs is 5. The average Bonchev–Trinajstić information content (AvgIpc) is 3.35. The number of hydrogen-bond donors (Lipinski definition) is 1. The summed E-state index contributed by atoms with van der Waals surface area (Å²) < 4.78 is 23.8. The van der Waals surface area contributed by atoms with Gasteiger partial charge in [-0.25, -0.2) is 0 Å². The van der Waals surface area contributed by atoms with E-state index in [0.717, 1.165) is 56.7 Å². The molecule has 1 aliphatic heterocycles. The van der Waals surface area contributed by atoms with Crippen LogP contribution in [0.25, 0.3) is 0 Å².